The number of aromatic amines is 1. The zero-order valence-corrected chi connectivity index (χ0v) is 17.6. The number of ether oxygens (including phenoxy) is 1. The molecular weight excluding hydrogens is 396 g/mol. The first-order valence-corrected chi connectivity index (χ1v) is 11.4. The van der Waals surface area contributed by atoms with Gasteiger partial charge in [0.1, 0.15) is 0 Å². The van der Waals surface area contributed by atoms with E-state index >= 15 is 0 Å². The predicted octanol–water partition coefficient (Wildman–Crippen LogP) is 4.85. The lowest BCUT2D eigenvalue weighted by atomic mass is 10.0. The largest absolute Gasteiger partial charge is 0.377 e. The number of fused-ring (bicyclic) bond motifs is 1. The van der Waals surface area contributed by atoms with Crippen molar-refractivity contribution in [2.24, 2.45) is 0 Å². The Labute approximate surface area is 176 Å². The summed E-state index contributed by atoms with van der Waals surface area (Å²) in [5.41, 5.74) is 4.54. The fourth-order valence-electron chi connectivity index (χ4n) is 3.45. The van der Waals surface area contributed by atoms with E-state index in [0.29, 0.717) is 12.2 Å². The molecule has 4 rings (SSSR count). The van der Waals surface area contributed by atoms with Crippen molar-refractivity contribution in [2.75, 3.05) is 6.61 Å². The van der Waals surface area contributed by atoms with Crippen LogP contribution < -0.4 is 4.72 Å². The lowest BCUT2D eigenvalue weighted by molar-refractivity contribution is 0.133. The zero-order valence-electron chi connectivity index (χ0n) is 16.8. The molecular formula is C24H24N2O3S. The Hall–Kier alpha value is -2.93. The maximum absolute atomic E-state index is 13.0. The van der Waals surface area contributed by atoms with Gasteiger partial charge in [0.25, 0.3) is 10.0 Å². The topological polar surface area (TPSA) is 71.2 Å². The van der Waals surface area contributed by atoms with E-state index in [9.17, 15) is 8.42 Å². The van der Waals surface area contributed by atoms with Crippen LogP contribution in [0.2, 0.25) is 0 Å². The van der Waals surface area contributed by atoms with Crippen LogP contribution in [0.25, 0.3) is 22.0 Å². The standard InChI is InChI=1S/C24H24N2O3S/c1-2-29-17-22-21-10-6-7-11-23(21)26-24(22)30(27,28)25-16-18-12-14-20(15-13-18)19-8-4-3-5-9-19/h3-15,25-26H,2,16-17H2,1H3. The molecule has 3 aromatic carbocycles. The monoisotopic (exact) mass is 420 g/mol. The fourth-order valence-corrected chi connectivity index (χ4v) is 4.69. The van der Waals surface area contributed by atoms with Gasteiger partial charge in [0.15, 0.2) is 5.03 Å². The van der Waals surface area contributed by atoms with Crippen LogP contribution in [0.3, 0.4) is 0 Å². The number of H-pyrrole nitrogens is 1. The van der Waals surface area contributed by atoms with E-state index in [1.165, 1.54) is 0 Å². The van der Waals surface area contributed by atoms with Crippen LogP contribution >= 0.6 is 0 Å². The first kappa shape index (κ1) is 20.3. The Morgan fingerprint density at radius 1 is 0.867 bits per heavy atom. The number of benzene rings is 3. The van der Waals surface area contributed by atoms with E-state index in [1.807, 2.05) is 85.8 Å². The predicted molar refractivity (Wildman–Crippen MR) is 120 cm³/mol. The molecule has 1 heterocycles. The minimum Gasteiger partial charge on any atom is -0.377 e. The molecule has 154 valence electrons. The molecule has 0 amide bonds. The molecule has 5 nitrogen and oxygen atoms in total. The lowest BCUT2D eigenvalue weighted by Gasteiger charge is -2.09. The Kier molecular flexibility index (Phi) is 5.99. The van der Waals surface area contributed by atoms with E-state index < -0.39 is 10.0 Å². The van der Waals surface area contributed by atoms with Crippen LogP contribution in [0.15, 0.2) is 83.9 Å². The zero-order chi connectivity index (χ0) is 21.0. The van der Waals surface area contributed by atoms with Crippen LogP contribution in [-0.2, 0) is 27.9 Å². The fraction of sp³-hybridized carbons (Fsp3) is 0.167. The van der Waals surface area contributed by atoms with Gasteiger partial charge in [-0.2, -0.15) is 0 Å². The normalized spacial score (nSPS) is 11.8. The molecule has 0 fully saturated rings. The summed E-state index contributed by atoms with van der Waals surface area (Å²) in [7, 11) is -3.73. The molecule has 0 unspecified atom stereocenters. The number of para-hydroxylation sites is 1. The molecule has 0 aliphatic rings. The smallest absolute Gasteiger partial charge is 0.256 e. The van der Waals surface area contributed by atoms with Crippen molar-refractivity contribution in [3.63, 3.8) is 0 Å². The minimum absolute atomic E-state index is 0.165. The van der Waals surface area contributed by atoms with Crippen LogP contribution in [0.4, 0.5) is 0 Å². The first-order valence-electron chi connectivity index (χ1n) is 9.90. The number of hydrogen-bond acceptors (Lipinski definition) is 3. The maximum atomic E-state index is 13.0. The van der Waals surface area contributed by atoms with Gasteiger partial charge in [-0.15, -0.1) is 0 Å². The summed E-state index contributed by atoms with van der Waals surface area (Å²) in [4.78, 5) is 3.05. The quantitative estimate of drug-likeness (QED) is 0.428. The van der Waals surface area contributed by atoms with Crippen molar-refractivity contribution in [1.82, 2.24) is 9.71 Å². The number of nitrogens with one attached hydrogen (secondary N) is 2. The van der Waals surface area contributed by atoms with Crippen molar-refractivity contribution in [3.05, 3.63) is 90.0 Å². The molecule has 30 heavy (non-hydrogen) atoms. The van der Waals surface area contributed by atoms with Gasteiger partial charge in [-0.05, 0) is 29.7 Å². The molecule has 0 saturated heterocycles. The van der Waals surface area contributed by atoms with Crippen molar-refractivity contribution in [3.8, 4) is 11.1 Å². The summed E-state index contributed by atoms with van der Waals surface area (Å²) in [5.74, 6) is 0. The van der Waals surface area contributed by atoms with Gasteiger partial charge >= 0.3 is 0 Å². The van der Waals surface area contributed by atoms with Gasteiger partial charge in [-0.1, -0.05) is 72.8 Å². The molecule has 0 aliphatic heterocycles. The molecule has 0 spiro atoms. The van der Waals surface area contributed by atoms with Gasteiger partial charge in [0.05, 0.1) is 6.61 Å². The van der Waals surface area contributed by atoms with Crippen LogP contribution in [-0.4, -0.2) is 20.0 Å². The minimum atomic E-state index is -3.73. The van der Waals surface area contributed by atoms with Crippen molar-refractivity contribution in [1.29, 1.82) is 0 Å². The number of sulfonamides is 1. The third kappa shape index (κ3) is 4.31. The Balaban J connectivity index is 1.55. The van der Waals surface area contributed by atoms with Crippen LogP contribution in [0, 0.1) is 0 Å². The number of hydrogen-bond donors (Lipinski definition) is 2. The summed E-state index contributed by atoms with van der Waals surface area (Å²) >= 11 is 0. The molecule has 0 radical (unpaired) electrons. The highest BCUT2D eigenvalue weighted by Gasteiger charge is 2.23. The SMILES string of the molecule is CCOCc1c(S(=O)(=O)NCc2ccc(-c3ccccc3)cc2)[nH]c2ccccc12. The highest BCUT2D eigenvalue weighted by atomic mass is 32.2. The van der Waals surface area contributed by atoms with Crippen LogP contribution in [0.5, 0.6) is 0 Å². The summed E-state index contributed by atoms with van der Waals surface area (Å²) in [6.07, 6.45) is 0. The Morgan fingerprint density at radius 3 is 2.27 bits per heavy atom. The molecule has 6 heteroatoms. The number of rotatable bonds is 8. The maximum Gasteiger partial charge on any atom is 0.256 e. The second-order valence-corrected chi connectivity index (χ2v) is 8.71. The average molecular weight is 421 g/mol. The second-order valence-electron chi connectivity index (χ2n) is 7.00. The van der Waals surface area contributed by atoms with Crippen LogP contribution in [0.1, 0.15) is 18.1 Å². The first-order chi connectivity index (χ1) is 14.6. The summed E-state index contributed by atoms with van der Waals surface area (Å²) in [6, 6.07) is 25.5. The van der Waals surface area contributed by atoms with Gasteiger partial charge in [-0.25, -0.2) is 13.1 Å². The molecule has 0 aliphatic carbocycles. The highest BCUT2D eigenvalue weighted by Crippen LogP contribution is 2.27. The number of aromatic nitrogens is 1. The molecule has 0 saturated carbocycles. The van der Waals surface area contributed by atoms with Gasteiger partial charge in [-0.3, -0.25) is 0 Å². The average Bonchev–Trinajstić information content (AvgIpc) is 3.17. The Bertz CT molecular complexity index is 1230. The molecule has 1 aromatic heterocycles. The Morgan fingerprint density at radius 2 is 1.53 bits per heavy atom. The van der Waals surface area contributed by atoms with Crippen molar-refractivity contribution in [2.45, 2.75) is 25.1 Å². The summed E-state index contributed by atoms with van der Waals surface area (Å²) in [5, 5.41) is 1.02. The summed E-state index contributed by atoms with van der Waals surface area (Å²) < 4.78 is 34.3. The van der Waals surface area contributed by atoms with Gasteiger partial charge < -0.3 is 9.72 Å². The van der Waals surface area contributed by atoms with Crippen molar-refractivity contribution >= 4 is 20.9 Å². The van der Waals surface area contributed by atoms with E-state index in [1.54, 1.807) is 0 Å². The second kappa shape index (κ2) is 8.83. The molecule has 2 N–H and O–H groups in total. The van der Waals surface area contributed by atoms with E-state index in [0.717, 1.165) is 27.6 Å². The summed E-state index contributed by atoms with van der Waals surface area (Å²) in [6.45, 7) is 2.85. The van der Waals surface area contributed by atoms with Gasteiger partial charge in [0.2, 0.25) is 0 Å². The third-order valence-electron chi connectivity index (χ3n) is 5.02. The highest BCUT2D eigenvalue weighted by molar-refractivity contribution is 7.89. The molecule has 4 aromatic rings. The third-order valence-corrected chi connectivity index (χ3v) is 6.43. The van der Waals surface area contributed by atoms with E-state index in [4.69, 9.17) is 4.74 Å². The van der Waals surface area contributed by atoms with E-state index in [2.05, 4.69) is 9.71 Å². The van der Waals surface area contributed by atoms with E-state index in [-0.39, 0.29) is 18.2 Å². The van der Waals surface area contributed by atoms with Gasteiger partial charge in [0, 0.05) is 29.6 Å². The molecule has 0 atom stereocenters. The lowest BCUT2D eigenvalue weighted by Crippen LogP contribution is -2.24. The molecule has 0 bridgehead atoms. The van der Waals surface area contributed by atoms with Crippen molar-refractivity contribution < 1.29 is 13.2 Å².